The molecule has 7 nitrogen and oxygen atoms in total. The fraction of sp³-hybridized carbons (Fsp3) is 0.520. The normalized spacial score (nSPS) is 20.8. The molecule has 5 heterocycles. The fourth-order valence-corrected chi connectivity index (χ4v) is 6.98. The summed E-state index contributed by atoms with van der Waals surface area (Å²) >= 11 is 3.31. The molecule has 3 aromatic rings. The first-order valence-electron chi connectivity index (χ1n) is 11.8. The summed E-state index contributed by atoms with van der Waals surface area (Å²) in [4.78, 5) is 32.7. The van der Waals surface area contributed by atoms with Crippen molar-refractivity contribution in [2.24, 2.45) is 0 Å². The van der Waals surface area contributed by atoms with Crippen LogP contribution >= 0.6 is 22.7 Å². The maximum atomic E-state index is 13.3. The third kappa shape index (κ3) is 4.93. The van der Waals surface area contributed by atoms with Gasteiger partial charge in [0.2, 0.25) is 0 Å². The number of aryl methyl sites for hydroxylation is 2. The van der Waals surface area contributed by atoms with Crippen molar-refractivity contribution in [3.05, 3.63) is 50.7 Å². The van der Waals surface area contributed by atoms with Gasteiger partial charge < -0.3 is 10.0 Å². The first kappa shape index (κ1) is 23.5. The molecular formula is C25H31N5O2S2. The molecule has 0 spiro atoms. The Labute approximate surface area is 208 Å². The fourth-order valence-electron chi connectivity index (χ4n) is 5.22. The van der Waals surface area contributed by atoms with Crippen LogP contribution in [0.3, 0.4) is 0 Å². The van der Waals surface area contributed by atoms with Gasteiger partial charge in [-0.05, 0) is 52.7 Å². The summed E-state index contributed by atoms with van der Waals surface area (Å²) in [7, 11) is 0. The zero-order chi connectivity index (χ0) is 24.0. The van der Waals surface area contributed by atoms with Crippen molar-refractivity contribution in [2.75, 3.05) is 19.6 Å². The van der Waals surface area contributed by atoms with Gasteiger partial charge in [-0.25, -0.2) is 9.97 Å². The van der Waals surface area contributed by atoms with E-state index in [1.165, 1.54) is 0 Å². The number of carbonyl (C=O) groups excluding carboxylic acids is 1. The van der Waals surface area contributed by atoms with E-state index >= 15 is 0 Å². The van der Waals surface area contributed by atoms with Gasteiger partial charge in [-0.1, -0.05) is 0 Å². The topological polar surface area (TPSA) is 82.5 Å². The standard InChI is InChI=1S/C25H31N5O2S2/c1-15-23(34-16(2)27-15)21-13-33-22(28-21)9-18-6-5-17(10-26-18)24(31)30-19-7-8-20(30)12-29(11-19)14-25(3,4)32/h5-6,10,13,19-20,32H,7-9,11-12,14H2,1-4H3/t19-,20+. The summed E-state index contributed by atoms with van der Waals surface area (Å²) in [5.74, 6) is 0.0713. The van der Waals surface area contributed by atoms with Crippen LogP contribution < -0.4 is 0 Å². The summed E-state index contributed by atoms with van der Waals surface area (Å²) in [6.07, 6.45) is 4.41. The average molecular weight is 498 g/mol. The molecular weight excluding hydrogens is 466 g/mol. The lowest BCUT2D eigenvalue weighted by Gasteiger charge is -2.42. The van der Waals surface area contributed by atoms with Gasteiger partial charge in [-0.15, -0.1) is 22.7 Å². The molecule has 2 atom stereocenters. The first-order valence-corrected chi connectivity index (χ1v) is 13.5. The van der Waals surface area contributed by atoms with E-state index in [9.17, 15) is 9.90 Å². The van der Waals surface area contributed by atoms with Crippen LogP contribution in [0.4, 0.5) is 0 Å². The van der Waals surface area contributed by atoms with Gasteiger partial charge in [0.15, 0.2) is 0 Å². The Morgan fingerprint density at radius 2 is 1.91 bits per heavy atom. The zero-order valence-electron chi connectivity index (χ0n) is 20.1. The minimum Gasteiger partial charge on any atom is -0.389 e. The van der Waals surface area contributed by atoms with Gasteiger partial charge in [-0.3, -0.25) is 14.7 Å². The maximum absolute atomic E-state index is 13.3. The number of rotatable bonds is 6. The summed E-state index contributed by atoms with van der Waals surface area (Å²) in [6, 6.07) is 4.27. The van der Waals surface area contributed by atoms with E-state index in [1.54, 1.807) is 28.9 Å². The number of fused-ring (bicyclic) bond motifs is 2. The molecule has 5 rings (SSSR count). The molecule has 9 heteroatoms. The Kier molecular flexibility index (Phi) is 6.31. The van der Waals surface area contributed by atoms with Gasteiger partial charge in [0.25, 0.3) is 5.91 Å². The number of amides is 1. The van der Waals surface area contributed by atoms with E-state index in [1.807, 2.05) is 39.8 Å². The number of carbonyl (C=O) groups is 1. The smallest absolute Gasteiger partial charge is 0.256 e. The van der Waals surface area contributed by atoms with Crippen molar-refractivity contribution in [1.29, 1.82) is 0 Å². The van der Waals surface area contributed by atoms with Crippen molar-refractivity contribution < 1.29 is 9.90 Å². The quantitative estimate of drug-likeness (QED) is 0.556. The molecule has 2 fully saturated rings. The predicted octanol–water partition coefficient (Wildman–Crippen LogP) is 3.93. The van der Waals surface area contributed by atoms with Crippen molar-refractivity contribution in [3.63, 3.8) is 0 Å². The van der Waals surface area contributed by atoms with Gasteiger partial charge in [0.1, 0.15) is 0 Å². The number of aromatic nitrogens is 3. The molecule has 1 N–H and O–H groups in total. The van der Waals surface area contributed by atoms with Crippen LogP contribution in [0, 0.1) is 13.8 Å². The van der Waals surface area contributed by atoms with Crippen LogP contribution in [0.1, 0.15) is 58.5 Å². The lowest BCUT2D eigenvalue weighted by molar-refractivity contribution is 0.000329. The Morgan fingerprint density at radius 1 is 1.18 bits per heavy atom. The number of nitrogens with zero attached hydrogens (tertiary/aromatic N) is 5. The number of β-amino-alcohol motifs (C(OH)–C–C–N with tert-alkyl or cyclic N) is 1. The van der Waals surface area contributed by atoms with Crippen LogP contribution in [0.2, 0.25) is 0 Å². The molecule has 0 saturated carbocycles. The van der Waals surface area contributed by atoms with Crippen LogP contribution in [0.25, 0.3) is 10.6 Å². The average Bonchev–Trinajstić information content (AvgIpc) is 3.43. The number of likely N-dealkylation sites (tertiary alicyclic amines) is 1. The lowest BCUT2D eigenvalue weighted by atomic mass is 10.1. The molecule has 0 radical (unpaired) electrons. The Bertz CT molecular complexity index is 1170. The maximum Gasteiger partial charge on any atom is 0.256 e. The summed E-state index contributed by atoms with van der Waals surface area (Å²) in [6.45, 7) is 10.0. The minimum atomic E-state index is -0.720. The third-order valence-corrected chi connectivity index (χ3v) is 8.44. The molecule has 0 aromatic carbocycles. The molecule has 0 unspecified atom stereocenters. The third-order valence-electron chi connectivity index (χ3n) is 6.49. The minimum absolute atomic E-state index is 0.0713. The Morgan fingerprint density at radius 3 is 2.50 bits per heavy atom. The van der Waals surface area contributed by atoms with Crippen molar-refractivity contribution >= 4 is 28.6 Å². The number of piperazine rings is 1. The second kappa shape index (κ2) is 9.11. The monoisotopic (exact) mass is 497 g/mol. The highest BCUT2D eigenvalue weighted by molar-refractivity contribution is 7.16. The number of thiazole rings is 2. The van der Waals surface area contributed by atoms with Crippen LogP contribution in [0.5, 0.6) is 0 Å². The Hall–Kier alpha value is -2.20. The summed E-state index contributed by atoms with van der Waals surface area (Å²) in [5.41, 5.74) is 2.84. The van der Waals surface area contributed by atoms with E-state index in [-0.39, 0.29) is 18.0 Å². The van der Waals surface area contributed by atoms with E-state index in [4.69, 9.17) is 4.98 Å². The van der Waals surface area contributed by atoms with E-state index < -0.39 is 5.60 Å². The number of pyridine rings is 1. The van der Waals surface area contributed by atoms with E-state index in [0.717, 1.165) is 57.9 Å². The lowest BCUT2D eigenvalue weighted by Crippen LogP contribution is -2.57. The second-order valence-electron chi connectivity index (χ2n) is 10.1. The predicted molar refractivity (Wildman–Crippen MR) is 135 cm³/mol. The van der Waals surface area contributed by atoms with Gasteiger partial charge >= 0.3 is 0 Å². The molecule has 180 valence electrons. The molecule has 2 aliphatic heterocycles. The van der Waals surface area contributed by atoms with Crippen LogP contribution in [0.15, 0.2) is 23.7 Å². The largest absolute Gasteiger partial charge is 0.389 e. The Balaban J connectivity index is 1.24. The highest BCUT2D eigenvalue weighted by Gasteiger charge is 2.43. The van der Waals surface area contributed by atoms with Crippen LogP contribution in [-0.2, 0) is 6.42 Å². The van der Waals surface area contributed by atoms with E-state index in [0.29, 0.717) is 18.5 Å². The van der Waals surface area contributed by atoms with Gasteiger partial charge in [0, 0.05) is 55.4 Å². The van der Waals surface area contributed by atoms with Gasteiger partial charge in [0.05, 0.1) is 37.4 Å². The molecule has 3 aromatic heterocycles. The van der Waals surface area contributed by atoms with Crippen molar-refractivity contribution in [1.82, 2.24) is 24.8 Å². The molecule has 2 aliphatic rings. The molecule has 2 bridgehead atoms. The number of aliphatic hydroxyl groups is 1. The molecule has 0 aliphatic carbocycles. The van der Waals surface area contributed by atoms with E-state index in [2.05, 4.69) is 25.1 Å². The van der Waals surface area contributed by atoms with Crippen molar-refractivity contribution in [2.45, 2.75) is 64.6 Å². The molecule has 2 saturated heterocycles. The first-order chi connectivity index (χ1) is 16.2. The van der Waals surface area contributed by atoms with Gasteiger partial charge in [-0.2, -0.15) is 0 Å². The number of hydrogen-bond acceptors (Lipinski definition) is 8. The highest BCUT2D eigenvalue weighted by atomic mass is 32.1. The molecule has 1 amide bonds. The summed E-state index contributed by atoms with van der Waals surface area (Å²) < 4.78 is 0. The SMILES string of the molecule is Cc1nc(C)c(-c2csc(Cc3ccc(C(=O)N4[C@@H]5CC[C@H]4CN(CC(C)(C)O)C5)cn3)n2)s1. The summed E-state index contributed by atoms with van der Waals surface area (Å²) in [5, 5.41) is 14.3. The van der Waals surface area contributed by atoms with Crippen molar-refractivity contribution in [3.8, 4) is 10.6 Å². The molecule has 34 heavy (non-hydrogen) atoms. The zero-order valence-corrected chi connectivity index (χ0v) is 21.7. The second-order valence-corrected chi connectivity index (χ2v) is 12.2. The van der Waals surface area contributed by atoms with Crippen LogP contribution in [-0.4, -0.2) is 73.1 Å². The number of hydrogen-bond donors (Lipinski definition) is 1. The highest BCUT2D eigenvalue weighted by Crippen LogP contribution is 2.33.